The van der Waals surface area contributed by atoms with Gasteiger partial charge in [0.05, 0.1) is 13.1 Å². The summed E-state index contributed by atoms with van der Waals surface area (Å²) in [5.41, 5.74) is 6.35. The minimum Gasteiger partial charge on any atom is -0.444 e. The second-order valence-corrected chi connectivity index (χ2v) is 12.3. The van der Waals surface area contributed by atoms with Gasteiger partial charge in [-0.1, -0.05) is 74.5 Å². The van der Waals surface area contributed by atoms with Crippen molar-refractivity contribution in [2.75, 3.05) is 13.1 Å². The van der Waals surface area contributed by atoms with Crippen molar-refractivity contribution in [2.45, 2.75) is 77.6 Å². The summed E-state index contributed by atoms with van der Waals surface area (Å²) in [4.78, 5) is 75.7. The Hall–Kier alpha value is -4.94. The van der Waals surface area contributed by atoms with Crippen LogP contribution in [0.25, 0.3) is 0 Å². The van der Waals surface area contributed by atoms with Crippen molar-refractivity contribution in [3.05, 3.63) is 71.8 Å². The van der Waals surface area contributed by atoms with Crippen LogP contribution in [0.2, 0.25) is 0 Å². The van der Waals surface area contributed by atoms with E-state index in [4.69, 9.17) is 10.5 Å². The fraction of sp³-hybridized carbons (Fsp3) is 0.455. The van der Waals surface area contributed by atoms with Crippen molar-refractivity contribution < 1.29 is 33.5 Å². The predicted octanol–water partition coefficient (Wildman–Crippen LogP) is 1.10. The molecule has 0 unspecified atom stereocenters. The molecule has 0 saturated carbocycles. The molecule has 0 saturated heterocycles. The monoisotopic (exact) mass is 638 g/mol. The molecule has 2 rings (SSSR count). The maximum absolute atomic E-state index is 13.3. The highest BCUT2D eigenvalue weighted by atomic mass is 16.6. The lowest BCUT2D eigenvalue weighted by Crippen LogP contribution is -2.55. The Kier molecular flexibility index (Phi) is 14.7. The average molecular weight is 639 g/mol. The summed E-state index contributed by atoms with van der Waals surface area (Å²) in [7, 11) is 0. The van der Waals surface area contributed by atoms with Crippen molar-refractivity contribution in [3.63, 3.8) is 0 Å². The van der Waals surface area contributed by atoms with Crippen LogP contribution in [-0.2, 0) is 41.6 Å². The Morgan fingerprint density at radius 3 is 1.70 bits per heavy atom. The van der Waals surface area contributed by atoms with E-state index in [1.54, 1.807) is 69.3 Å². The SMILES string of the molecule is CC(C)C[C@H](NC(=O)OC(C)(C)C)C(=O)NCC(=O)NCC(=O)N[C@@H](Cc1ccccc1)C(=O)N[C@H](Cc1ccccc1)C(N)=O. The molecular formula is C33H46N6O7. The number of carbonyl (C=O) groups is 6. The second kappa shape index (κ2) is 18.1. The molecule has 250 valence electrons. The van der Waals surface area contributed by atoms with Crippen LogP contribution in [-0.4, -0.2) is 72.4 Å². The standard InChI is InChI=1S/C33H46N6O7/c1-21(2)16-25(39-32(45)46-33(3,4)5)30(43)36-19-27(40)35-20-28(41)37-26(18-23-14-10-7-11-15-23)31(44)38-24(29(34)42)17-22-12-8-6-9-13-22/h6-15,21,24-26H,16-20H2,1-5H3,(H2,34,42)(H,35,40)(H,36,43)(H,37,41)(H,38,44)(H,39,45)/t24-,25+,26+/m1/s1. The number of rotatable bonds is 16. The first-order valence-corrected chi connectivity index (χ1v) is 15.1. The van der Waals surface area contributed by atoms with Gasteiger partial charge in [0, 0.05) is 12.8 Å². The smallest absolute Gasteiger partial charge is 0.408 e. The molecule has 13 heteroatoms. The molecule has 0 aliphatic rings. The lowest BCUT2D eigenvalue weighted by atomic mass is 10.0. The zero-order valence-corrected chi connectivity index (χ0v) is 27.1. The number of nitrogens with two attached hydrogens (primary N) is 1. The van der Waals surface area contributed by atoms with Crippen molar-refractivity contribution >= 4 is 35.6 Å². The number of carbonyl (C=O) groups excluding carboxylic acids is 6. The van der Waals surface area contributed by atoms with Crippen LogP contribution in [0.4, 0.5) is 4.79 Å². The van der Waals surface area contributed by atoms with E-state index >= 15 is 0 Å². The predicted molar refractivity (Wildman–Crippen MR) is 172 cm³/mol. The van der Waals surface area contributed by atoms with Gasteiger partial charge in [0.15, 0.2) is 0 Å². The van der Waals surface area contributed by atoms with E-state index in [0.717, 1.165) is 11.1 Å². The minimum absolute atomic E-state index is 0.0563. The molecular weight excluding hydrogens is 592 g/mol. The van der Waals surface area contributed by atoms with Crippen LogP contribution in [0, 0.1) is 5.92 Å². The van der Waals surface area contributed by atoms with Gasteiger partial charge >= 0.3 is 6.09 Å². The highest BCUT2D eigenvalue weighted by Gasteiger charge is 2.27. The van der Waals surface area contributed by atoms with Crippen molar-refractivity contribution in [2.24, 2.45) is 11.7 Å². The van der Waals surface area contributed by atoms with Crippen molar-refractivity contribution in [1.29, 1.82) is 0 Å². The van der Waals surface area contributed by atoms with E-state index < -0.39 is 72.4 Å². The van der Waals surface area contributed by atoms with Gasteiger partial charge < -0.3 is 37.1 Å². The first-order valence-electron chi connectivity index (χ1n) is 15.1. The first kappa shape index (κ1) is 37.2. The summed E-state index contributed by atoms with van der Waals surface area (Å²) in [6.45, 7) is 7.92. The molecule has 0 spiro atoms. The molecule has 3 atom stereocenters. The normalized spacial score (nSPS) is 13.0. The number of alkyl carbamates (subject to hydrolysis) is 1. The molecule has 0 bridgehead atoms. The van der Waals surface area contributed by atoms with Crippen LogP contribution >= 0.6 is 0 Å². The van der Waals surface area contributed by atoms with Gasteiger partial charge in [0.1, 0.15) is 23.7 Å². The molecule has 2 aromatic carbocycles. The molecule has 6 amide bonds. The maximum atomic E-state index is 13.3. The van der Waals surface area contributed by atoms with Crippen LogP contribution in [0.5, 0.6) is 0 Å². The number of amides is 6. The molecule has 0 aromatic heterocycles. The largest absolute Gasteiger partial charge is 0.444 e. The summed E-state index contributed by atoms with van der Waals surface area (Å²) < 4.78 is 5.23. The van der Waals surface area contributed by atoms with Crippen LogP contribution < -0.4 is 32.3 Å². The van der Waals surface area contributed by atoms with E-state index in [0.29, 0.717) is 6.42 Å². The van der Waals surface area contributed by atoms with Crippen LogP contribution in [0.1, 0.15) is 52.2 Å². The number of primary amides is 1. The number of hydrogen-bond donors (Lipinski definition) is 6. The molecule has 0 aliphatic carbocycles. The fourth-order valence-electron chi connectivity index (χ4n) is 4.33. The van der Waals surface area contributed by atoms with Gasteiger partial charge in [-0.3, -0.25) is 24.0 Å². The minimum atomic E-state index is -1.08. The van der Waals surface area contributed by atoms with E-state index in [-0.39, 0.29) is 18.8 Å². The zero-order valence-electron chi connectivity index (χ0n) is 27.1. The molecule has 0 fully saturated rings. The second-order valence-electron chi connectivity index (χ2n) is 12.3. The van der Waals surface area contributed by atoms with Gasteiger partial charge in [-0.2, -0.15) is 0 Å². The molecule has 0 radical (unpaired) electrons. The Balaban J connectivity index is 1.98. The number of ether oxygens (including phenoxy) is 1. The van der Waals surface area contributed by atoms with Crippen LogP contribution in [0.3, 0.4) is 0 Å². The summed E-state index contributed by atoms with van der Waals surface area (Å²) in [6.07, 6.45) is -0.171. The fourth-order valence-corrected chi connectivity index (χ4v) is 4.33. The third-order valence-electron chi connectivity index (χ3n) is 6.46. The molecule has 7 N–H and O–H groups in total. The third-order valence-corrected chi connectivity index (χ3v) is 6.46. The Morgan fingerprint density at radius 1 is 0.674 bits per heavy atom. The number of hydrogen-bond acceptors (Lipinski definition) is 7. The Bertz CT molecular complexity index is 1330. The topological polar surface area (TPSA) is 198 Å². The van der Waals surface area contributed by atoms with E-state index in [1.807, 2.05) is 26.0 Å². The van der Waals surface area contributed by atoms with Crippen LogP contribution in [0.15, 0.2) is 60.7 Å². The zero-order chi connectivity index (χ0) is 34.3. The summed E-state index contributed by atoms with van der Waals surface area (Å²) >= 11 is 0. The van der Waals surface area contributed by atoms with E-state index in [9.17, 15) is 28.8 Å². The third kappa shape index (κ3) is 14.7. The van der Waals surface area contributed by atoms with Gasteiger partial charge in [-0.25, -0.2) is 4.79 Å². The Morgan fingerprint density at radius 2 is 1.20 bits per heavy atom. The number of benzene rings is 2. The van der Waals surface area contributed by atoms with Gasteiger partial charge in [0.2, 0.25) is 29.5 Å². The molecule has 0 aliphatic heterocycles. The van der Waals surface area contributed by atoms with Crippen molar-refractivity contribution in [3.8, 4) is 0 Å². The Labute approximate surface area is 269 Å². The van der Waals surface area contributed by atoms with Gasteiger partial charge in [-0.15, -0.1) is 0 Å². The lowest BCUT2D eigenvalue weighted by molar-refractivity contribution is -0.131. The van der Waals surface area contributed by atoms with Gasteiger partial charge in [-0.05, 0) is 44.2 Å². The molecule has 0 heterocycles. The summed E-state index contributed by atoms with van der Waals surface area (Å²) in [6, 6.07) is 15.0. The van der Waals surface area contributed by atoms with Gasteiger partial charge in [0.25, 0.3) is 0 Å². The first-order chi connectivity index (χ1) is 21.6. The summed E-state index contributed by atoms with van der Waals surface area (Å²) in [5, 5.41) is 12.6. The highest BCUT2D eigenvalue weighted by molar-refractivity contribution is 5.94. The van der Waals surface area contributed by atoms with E-state index in [1.165, 1.54) is 0 Å². The quantitative estimate of drug-likeness (QED) is 0.158. The highest BCUT2D eigenvalue weighted by Crippen LogP contribution is 2.10. The van der Waals surface area contributed by atoms with E-state index in [2.05, 4.69) is 26.6 Å². The van der Waals surface area contributed by atoms with Crippen molar-refractivity contribution in [1.82, 2.24) is 26.6 Å². The molecule has 13 nitrogen and oxygen atoms in total. The number of nitrogens with one attached hydrogen (secondary N) is 5. The molecule has 46 heavy (non-hydrogen) atoms. The lowest BCUT2D eigenvalue weighted by Gasteiger charge is -2.24. The molecule has 2 aromatic rings. The maximum Gasteiger partial charge on any atom is 0.408 e. The summed E-state index contributed by atoms with van der Waals surface area (Å²) in [5.74, 6) is -3.21. The average Bonchev–Trinajstić information content (AvgIpc) is 2.97.